The summed E-state index contributed by atoms with van der Waals surface area (Å²) in [6.07, 6.45) is 0. The number of morpholine rings is 1. The van der Waals surface area contributed by atoms with Crippen molar-refractivity contribution in [1.82, 2.24) is 4.90 Å². The first kappa shape index (κ1) is 21.2. The molecule has 0 radical (unpaired) electrons. The lowest BCUT2D eigenvalue weighted by Gasteiger charge is -2.43. The van der Waals surface area contributed by atoms with Gasteiger partial charge in [-0.1, -0.05) is 6.07 Å². The molecular formula is C23H27FN2O5. The van der Waals surface area contributed by atoms with Gasteiger partial charge in [0.05, 0.1) is 20.3 Å². The summed E-state index contributed by atoms with van der Waals surface area (Å²) in [6, 6.07) is 8.38. The molecule has 4 rings (SSSR count). The number of fused-ring (bicyclic) bond motifs is 1. The summed E-state index contributed by atoms with van der Waals surface area (Å²) in [5.74, 6) is 0.734. The fourth-order valence-corrected chi connectivity index (χ4v) is 3.80. The number of methoxy groups -OCH3 is 1. The van der Waals surface area contributed by atoms with Gasteiger partial charge in [-0.3, -0.25) is 4.79 Å². The van der Waals surface area contributed by atoms with Crippen molar-refractivity contribution in [2.24, 2.45) is 0 Å². The Morgan fingerprint density at radius 2 is 1.94 bits per heavy atom. The number of amides is 1. The molecule has 1 saturated heterocycles. The first-order chi connectivity index (χ1) is 14.8. The fraction of sp³-hybridized carbons (Fsp3) is 0.435. The van der Waals surface area contributed by atoms with E-state index in [-0.39, 0.29) is 18.3 Å². The number of carbonyl (C=O) groups excluding carboxylic acids is 1. The normalized spacial score (nSPS) is 20.9. The number of anilines is 1. The average molecular weight is 430 g/mol. The number of nitrogens with zero attached hydrogens (tertiary/aromatic N) is 2. The molecule has 0 aliphatic carbocycles. The molecule has 7 nitrogen and oxygen atoms in total. The standard InChI is InChI=1S/C23H27FN2O5/c1-15-17(24)6-5-7-18(15)30-14-23(2)25(3)22(27)21-19(28-4)12-16(13-20(21)31-23)26-8-10-29-11-9-26/h5-7,12-13H,8-11,14H2,1-4H3. The molecule has 1 unspecified atom stereocenters. The molecule has 1 amide bonds. The summed E-state index contributed by atoms with van der Waals surface area (Å²) in [7, 11) is 3.19. The summed E-state index contributed by atoms with van der Waals surface area (Å²) >= 11 is 0. The van der Waals surface area contributed by atoms with Crippen LogP contribution in [0.4, 0.5) is 10.1 Å². The van der Waals surface area contributed by atoms with E-state index >= 15 is 0 Å². The van der Waals surface area contributed by atoms with Crippen LogP contribution in [-0.2, 0) is 4.74 Å². The second-order valence-electron chi connectivity index (χ2n) is 7.91. The minimum absolute atomic E-state index is 0.0308. The Hall–Kier alpha value is -3.00. The zero-order valence-electron chi connectivity index (χ0n) is 18.2. The number of hydrogen-bond acceptors (Lipinski definition) is 6. The highest BCUT2D eigenvalue weighted by Gasteiger charge is 2.44. The minimum atomic E-state index is -1.09. The number of rotatable bonds is 5. The third kappa shape index (κ3) is 3.87. The van der Waals surface area contributed by atoms with Gasteiger partial charge in [0.15, 0.2) is 0 Å². The highest BCUT2D eigenvalue weighted by atomic mass is 19.1. The lowest BCUT2D eigenvalue weighted by atomic mass is 10.0. The second-order valence-corrected chi connectivity index (χ2v) is 7.91. The summed E-state index contributed by atoms with van der Waals surface area (Å²) < 4.78 is 37.0. The lowest BCUT2D eigenvalue weighted by Crippen LogP contribution is -2.58. The number of hydrogen-bond donors (Lipinski definition) is 0. The summed E-state index contributed by atoms with van der Waals surface area (Å²) in [5.41, 5.74) is 0.604. The van der Waals surface area contributed by atoms with E-state index < -0.39 is 5.72 Å². The van der Waals surface area contributed by atoms with Crippen molar-refractivity contribution < 1.29 is 28.1 Å². The summed E-state index contributed by atoms with van der Waals surface area (Å²) in [5, 5.41) is 0. The van der Waals surface area contributed by atoms with Crippen LogP contribution in [0.15, 0.2) is 30.3 Å². The van der Waals surface area contributed by atoms with Crippen LogP contribution in [0, 0.1) is 12.7 Å². The smallest absolute Gasteiger partial charge is 0.264 e. The van der Waals surface area contributed by atoms with Crippen molar-refractivity contribution in [1.29, 1.82) is 0 Å². The number of ether oxygens (including phenoxy) is 4. The molecule has 2 aromatic rings. The fourth-order valence-electron chi connectivity index (χ4n) is 3.80. The lowest BCUT2D eigenvalue weighted by molar-refractivity contribution is -0.0772. The van der Waals surface area contributed by atoms with Crippen LogP contribution in [0.3, 0.4) is 0 Å². The van der Waals surface area contributed by atoms with Crippen LogP contribution in [0.5, 0.6) is 17.2 Å². The predicted molar refractivity (Wildman–Crippen MR) is 114 cm³/mol. The Morgan fingerprint density at radius 1 is 1.19 bits per heavy atom. The molecule has 0 N–H and O–H groups in total. The molecule has 2 aliphatic heterocycles. The van der Waals surface area contributed by atoms with E-state index in [4.69, 9.17) is 18.9 Å². The van der Waals surface area contributed by atoms with Gasteiger partial charge in [-0.25, -0.2) is 4.39 Å². The Bertz CT molecular complexity index is 992. The molecule has 166 valence electrons. The zero-order valence-corrected chi connectivity index (χ0v) is 18.2. The topological polar surface area (TPSA) is 60.5 Å². The maximum Gasteiger partial charge on any atom is 0.264 e. The van der Waals surface area contributed by atoms with Crippen LogP contribution in [-0.4, -0.2) is 63.6 Å². The van der Waals surface area contributed by atoms with Gasteiger partial charge in [0.2, 0.25) is 5.72 Å². The number of halogens is 1. The van der Waals surface area contributed by atoms with E-state index in [1.807, 2.05) is 12.1 Å². The largest absolute Gasteiger partial charge is 0.496 e. The van der Waals surface area contributed by atoms with E-state index in [2.05, 4.69) is 4.90 Å². The minimum Gasteiger partial charge on any atom is -0.496 e. The molecule has 0 spiro atoms. The van der Waals surface area contributed by atoms with Gasteiger partial charge in [0.25, 0.3) is 5.91 Å². The Kier molecular flexibility index (Phi) is 5.66. The Balaban J connectivity index is 1.65. The molecule has 0 aromatic heterocycles. The molecule has 2 aromatic carbocycles. The van der Waals surface area contributed by atoms with Gasteiger partial charge in [-0.2, -0.15) is 0 Å². The van der Waals surface area contributed by atoms with Crippen molar-refractivity contribution in [2.75, 3.05) is 52.0 Å². The first-order valence-corrected chi connectivity index (χ1v) is 10.2. The highest BCUT2D eigenvalue weighted by molar-refractivity contribution is 6.01. The van der Waals surface area contributed by atoms with Crippen molar-refractivity contribution in [3.63, 3.8) is 0 Å². The second kappa shape index (κ2) is 8.26. The van der Waals surface area contributed by atoms with Gasteiger partial charge in [0, 0.05) is 43.5 Å². The molecule has 2 aliphatic rings. The molecule has 0 bridgehead atoms. The molecule has 1 atom stereocenters. The maximum absolute atomic E-state index is 13.9. The molecule has 8 heteroatoms. The number of carbonyl (C=O) groups is 1. The van der Waals surface area contributed by atoms with Crippen molar-refractivity contribution in [2.45, 2.75) is 19.6 Å². The highest BCUT2D eigenvalue weighted by Crippen LogP contribution is 2.41. The van der Waals surface area contributed by atoms with Crippen LogP contribution >= 0.6 is 0 Å². The summed E-state index contributed by atoms with van der Waals surface area (Å²) in [4.78, 5) is 16.9. The van der Waals surface area contributed by atoms with Crippen LogP contribution in [0.1, 0.15) is 22.8 Å². The van der Waals surface area contributed by atoms with Gasteiger partial charge in [-0.05, 0) is 26.0 Å². The van der Waals surface area contributed by atoms with Crippen molar-refractivity contribution in [3.05, 3.63) is 47.3 Å². The van der Waals surface area contributed by atoms with E-state index in [0.717, 1.165) is 18.8 Å². The third-order valence-electron chi connectivity index (χ3n) is 5.92. The SMILES string of the molecule is COc1cc(N2CCOCC2)cc2c1C(=O)N(C)C(C)(COc1cccc(F)c1C)O2. The van der Waals surface area contributed by atoms with Crippen LogP contribution in [0.2, 0.25) is 0 Å². The predicted octanol–water partition coefficient (Wildman–Crippen LogP) is 3.24. The quantitative estimate of drug-likeness (QED) is 0.726. The van der Waals surface area contributed by atoms with Crippen LogP contribution < -0.4 is 19.1 Å². The molecule has 2 heterocycles. The Labute approximate surface area is 181 Å². The number of likely N-dealkylation sites (N-methyl/N-ethyl adjacent to an activating group) is 1. The molecule has 31 heavy (non-hydrogen) atoms. The van der Waals surface area contributed by atoms with E-state index in [1.54, 1.807) is 33.0 Å². The Morgan fingerprint density at radius 3 is 2.65 bits per heavy atom. The zero-order chi connectivity index (χ0) is 22.2. The van der Waals surface area contributed by atoms with Crippen LogP contribution in [0.25, 0.3) is 0 Å². The summed E-state index contributed by atoms with van der Waals surface area (Å²) in [6.45, 7) is 6.22. The van der Waals surface area contributed by atoms with E-state index in [1.165, 1.54) is 18.1 Å². The first-order valence-electron chi connectivity index (χ1n) is 10.2. The van der Waals surface area contributed by atoms with Crippen molar-refractivity contribution in [3.8, 4) is 17.2 Å². The number of benzene rings is 2. The average Bonchev–Trinajstić information content (AvgIpc) is 2.78. The van der Waals surface area contributed by atoms with Gasteiger partial charge in [0.1, 0.15) is 35.2 Å². The maximum atomic E-state index is 13.9. The van der Waals surface area contributed by atoms with Gasteiger partial charge < -0.3 is 28.7 Å². The van der Waals surface area contributed by atoms with E-state index in [9.17, 15) is 9.18 Å². The van der Waals surface area contributed by atoms with Crippen molar-refractivity contribution >= 4 is 11.6 Å². The molecular weight excluding hydrogens is 403 g/mol. The monoisotopic (exact) mass is 430 g/mol. The van der Waals surface area contributed by atoms with Gasteiger partial charge >= 0.3 is 0 Å². The molecule has 0 saturated carbocycles. The van der Waals surface area contributed by atoms with Gasteiger partial charge in [-0.15, -0.1) is 0 Å². The third-order valence-corrected chi connectivity index (χ3v) is 5.92. The van der Waals surface area contributed by atoms with E-state index in [0.29, 0.717) is 41.6 Å². The molecule has 1 fully saturated rings.